The van der Waals surface area contributed by atoms with Gasteiger partial charge in [-0.1, -0.05) is 48.5 Å². The minimum Gasteiger partial charge on any atom is -0.496 e. The lowest BCUT2D eigenvalue weighted by molar-refractivity contribution is -0.137. The van der Waals surface area contributed by atoms with E-state index in [1.54, 1.807) is 31.1 Å². The Morgan fingerprint density at radius 2 is 1.85 bits per heavy atom. The number of anilines is 1. The Labute approximate surface area is 199 Å². The van der Waals surface area contributed by atoms with Crippen LogP contribution in [0.2, 0.25) is 0 Å². The molecule has 7 heteroatoms. The Morgan fingerprint density at radius 1 is 1.09 bits per heavy atom. The molecule has 3 aromatic carbocycles. The molecule has 1 aliphatic rings. The van der Waals surface area contributed by atoms with Crippen LogP contribution in [0.5, 0.6) is 11.5 Å². The molecule has 0 fully saturated rings. The number of benzene rings is 3. The van der Waals surface area contributed by atoms with Crippen molar-refractivity contribution in [3.63, 3.8) is 0 Å². The van der Waals surface area contributed by atoms with Crippen LogP contribution < -0.4 is 14.8 Å². The van der Waals surface area contributed by atoms with Crippen LogP contribution >= 0.6 is 0 Å². The van der Waals surface area contributed by atoms with Crippen molar-refractivity contribution in [1.82, 2.24) is 4.90 Å². The highest BCUT2D eigenvalue weighted by molar-refractivity contribution is 5.85. The molecule has 0 aromatic heterocycles. The molecule has 34 heavy (non-hydrogen) atoms. The first-order chi connectivity index (χ1) is 16.5. The summed E-state index contributed by atoms with van der Waals surface area (Å²) in [5, 5.41) is 2.76. The van der Waals surface area contributed by atoms with Crippen molar-refractivity contribution < 1.29 is 23.8 Å². The number of hydrogen-bond donors (Lipinski definition) is 1. The standard InChI is InChI=1S/C27H28N2O5/c1-19-26(30)29(15-14-21-10-6-7-11-24(21)32-2)17-22-16-23(12-13-25(22)34-19)28-27(31)33-18-20-8-4-3-5-9-20/h3-13,16,19H,14-15,17-18H2,1-2H3,(H,28,31). The quantitative estimate of drug-likeness (QED) is 0.548. The Bertz CT molecular complexity index is 1150. The predicted molar refractivity (Wildman–Crippen MR) is 129 cm³/mol. The number of fused-ring (bicyclic) bond motifs is 1. The lowest BCUT2D eigenvalue weighted by Crippen LogP contribution is -2.39. The normalized spacial score (nSPS) is 15.1. The van der Waals surface area contributed by atoms with Gasteiger partial charge in [0.15, 0.2) is 6.10 Å². The first-order valence-corrected chi connectivity index (χ1v) is 11.2. The summed E-state index contributed by atoms with van der Waals surface area (Å²) < 4.78 is 16.6. The molecule has 0 spiro atoms. The van der Waals surface area contributed by atoms with E-state index in [2.05, 4.69) is 5.32 Å². The van der Waals surface area contributed by atoms with Gasteiger partial charge in [0, 0.05) is 24.3 Å². The maximum atomic E-state index is 13.0. The van der Waals surface area contributed by atoms with Gasteiger partial charge in [-0.2, -0.15) is 0 Å². The van der Waals surface area contributed by atoms with E-state index < -0.39 is 12.2 Å². The van der Waals surface area contributed by atoms with E-state index in [1.165, 1.54) is 0 Å². The Hall–Kier alpha value is -4.00. The van der Waals surface area contributed by atoms with Gasteiger partial charge in [-0.05, 0) is 48.7 Å². The molecule has 0 bridgehead atoms. The van der Waals surface area contributed by atoms with Crippen LogP contribution in [0.25, 0.3) is 0 Å². The van der Waals surface area contributed by atoms with Gasteiger partial charge >= 0.3 is 6.09 Å². The van der Waals surface area contributed by atoms with Gasteiger partial charge in [0.2, 0.25) is 0 Å². The second kappa shape index (κ2) is 10.7. The van der Waals surface area contributed by atoms with Crippen LogP contribution in [-0.4, -0.2) is 36.7 Å². The highest BCUT2D eigenvalue weighted by Gasteiger charge is 2.28. The van der Waals surface area contributed by atoms with Crippen LogP contribution in [0.1, 0.15) is 23.6 Å². The zero-order valence-corrected chi connectivity index (χ0v) is 19.3. The summed E-state index contributed by atoms with van der Waals surface area (Å²) in [6, 6.07) is 22.6. The zero-order chi connectivity index (χ0) is 23.9. The average Bonchev–Trinajstić information content (AvgIpc) is 2.98. The molecular formula is C27H28N2O5. The number of carbonyl (C=O) groups is 2. The van der Waals surface area contributed by atoms with E-state index in [0.717, 1.165) is 22.4 Å². The van der Waals surface area contributed by atoms with Crippen LogP contribution in [-0.2, 0) is 29.1 Å². The number of carbonyl (C=O) groups excluding carboxylic acids is 2. The summed E-state index contributed by atoms with van der Waals surface area (Å²) >= 11 is 0. The Kier molecular flexibility index (Phi) is 7.32. The minimum absolute atomic E-state index is 0.0807. The summed E-state index contributed by atoms with van der Waals surface area (Å²) in [4.78, 5) is 27.0. The van der Waals surface area contributed by atoms with Gasteiger partial charge in [-0.3, -0.25) is 10.1 Å². The maximum Gasteiger partial charge on any atom is 0.411 e. The third kappa shape index (κ3) is 5.67. The van der Waals surface area contributed by atoms with Crippen LogP contribution in [0.4, 0.5) is 10.5 Å². The first kappa shape index (κ1) is 23.2. The molecule has 7 nitrogen and oxygen atoms in total. The predicted octanol–water partition coefficient (Wildman–Crippen LogP) is 4.80. The summed E-state index contributed by atoms with van der Waals surface area (Å²) in [5.41, 5.74) is 3.34. The lowest BCUT2D eigenvalue weighted by atomic mass is 10.1. The van der Waals surface area contributed by atoms with Crippen LogP contribution in [0, 0.1) is 0 Å². The van der Waals surface area contributed by atoms with Gasteiger partial charge in [-0.25, -0.2) is 4.79 Å². The average molecular weight is 461 g/mol. The molecule has 1 N–H and O–H groups in total. The van der Waals surface area contributed by atoms with E-state index >= 15 is 0 Å². The molecule has 1 unspecified atom stereocenters. The lowest BCUT2D eigenvalue weighted by Gasteiger charge is -2.22. The van der Waals surface area contributed by atoms with Crippen molar-refractivity contribution in [3.05, 3.63) is 89.5 Å². The molecule has 176 valence electrons. The van der Waals surface area contributed by atoms with Gasteiger partial charge in [0.1, 0.15) is 18.1 Å². The monoisotopic (exact) mass is 460 g/mol. The topological polar surface area (TPSA) is 77.1 Å². The zero-order valence-electron chi connectivity index (χ0n) is 19.3. The minimum atomic E-state index is -0.603. The second-order valence-electron chi connectivity index (χ2n) is 8.09. The fraction of sp³-hybridized carbons (Fsp3) is 0.259. The molecule has 4 rings (SSSR count). The maximum absolute atomic E-state index is 13.0. The molecule has 1 aliphatic heterocycles. The van der Waals surface area contributed by atoms with Crippen molar-refractivity contribution in [3.8, 4) is 11.5 Å². The van der Waals surface area contributed by atoms with Crippen molar-refractivity contribution in [2.75, 3.05) is 19.0 Å². The third-order valence-corrected chi connectivity index (χ3v) is 5.69. The Morgan fingerprint density at radius 3 is 2.65 bits per heavy atom. The number of hydrogen-bond acceptors (Lipinski definition) is 5. The van der Waals surface area contributed by atoms with Crippen molar-refractivity contribution in [1.29, 1.82) is 0 Å². The first-order valence-electron chi connectivity index (χ1n) is 11.2. The van der Waals surface area contributed by atoms with Crippen LogP contribution in [0.15, 0.2) is 72.8 Å². The molecule has 1 atom stereocenters. The van der Waals surface area contributed by atoms with Gasteiger partial charge in [-0.15, -0.1) is 0 Å². The number of amides is 2. The van der Waals surface area contributed by atoms with Crippen LogP contribution in [0.3, 0.4) is 0 Å². The molecule has 0 saturated heterocycles. The second-order valence-corrected chi connectivity index (χ2v) is 8.09. The van der Waals surface area contributed by atoms with E-state index in [0.29, 0.717) is 30.9 Å². The highest BCUT2D eigenvalue weighted by Crippen LogP contribution is 2.29. The molecule has 2 amide bonds. The SMILES string of the molecule is COc1ccccc1CCN1Cc2cc(NC(=O)OCc3ccccc3)ccc2OC(C)C1=O. The fourth-order valence-corrected chi connectivity index (χ4v) is 3.91. The number of nitrogens with one attached hydrogen (secondary N) is 1. The van der Waals surface area contributed by atoms with Crippen molar-refractivity contribution in [2.45, 2.75) is 32.6 Å². The largest absolute Gasteiger partial charge is 0.496 e. The highest BCUT2D eigenvalue weighted by atomic mass is 16.5. The smallest absolute Gasteiger partial charge is 0.411 e. The van der Waals surface area contributed by atoms with Gasteiger partial charge in [0.25, 0.3) is 5.91 Å². The van der Waals surface area contributed by atoms with Crippen molar-refractivity contribution in [2.24, 2.45) is 0 Å². The number of para-hydroxylation sites is 1. The van der Waals surface area contributed by atoms with E-state index in [-0.39, 0.29) is 12.5 Å². The fourth-order valence-electron chi connectivity index (χ4n) is 3.91. The molecule has 0 aliphatic carbocycles. The molecule has 3 aromatic rings. The number of nitrogens with zero attached hydrogens (tertiary/aromatic N) is 1. The van der Waals surface area contributed by atoms with Crippen molar-refractivity contribution >= 4 is 17.7 Å². The van der Waals surface area contributed by atoms with E-state index in [1.807, 2.05) is 60.7 Å². The number of ether oxygens (including phenoxy) is 3. The van der Waals surface area contributed by atoms with E-state index in [4.69, 9.17) is 14.2 Å². The van der Waals surface area contributed by atoms with E-state index in [9.17, 15) is 9.59 Å². The summed E-state index contributed by atoms with van der Waals surface area (Å²) in [5.74, 6) is 1.35. The summed E-state index contributed by atoms with van der Waals surface area (Å²) in [6.45, 7) is 2.83. The number of methoxy groups -OCH3 is 1. The molecule has 1 heterocycles. The molecule has 0 saturated carbocycles. The van der Waals surface area contributed by atoms with Gasteiger partial charge in [0.05, 0.1) is 7.11 Å². The summed E-state index contributed by atoms with van der Waals surface area (Å²) in [7, 11) is 1.64. The summed E-state index contributed by atoms with van der Waals surface area (Å²) in [6.07, 6.45) is -0.494. The third-order valence-electron chi connectivity index (χ3n) is 5.69. The Balaban J connectivity index is 1.43. The van der Waals surface area contributed by atoms with Gasteiger partial charge < -0.3 is 19.1 Å². The number of rotatable bonds is 7. The molecular weight excluding hydrogens is 432 g/mol. The molecule has 0 radical (unpaired) electrons.